The maximum atomic E-state index is 13.4. The molecule has 0 aromatic rings. The Bertz CT molecular complexity index is 944. The van der Waals surface area contributed by atoms with Gasteiger partial charge < -0.3 is 13.6 Å². The van der Waals surface area contributed by atoms with Crippen LogP contribution in [-0.4, -0.2) is 47.7 Å². The van der Waals surface area contributed by atoms with E-state index >= 15 is 0 Å². The molecule has 0 radical (unpaired) electrons. The minimum absolute atomic E-state index is 0.0684. The van der Waals surface area contributed by atoms with Crippen molar-refractivity contribution in [3.8, 4) is 0 Å². The highest BCUT2D eigenvalue weighted by Crippen LogP contribution is 2.51. The number of carbonyl (C=O) groups excluding carboxylic acids is 2. The zero-order valence-electron chi connectivity index (χ0n) is 29.2. The van der Waals surface area contributed by atoms with Gasteiger partial charge in [-0.15, -0.1) is 0 Å². The van der Waals surface area contributed by atoms with Gasteiger partial charge in [-0.25, -0.2) is 0 Å². The number of methoxy groups -OCH3 is 1. The van der Waals surface area contributed by atoms with Crippen LogP contribution in [0.2, 0.25) is 36.3 Å². The quantitative estimate of drug-likeness (QED) is 0.0789. The molecule has 5 nitrogen and oxygen atoms in total. The van der Waals surface area contributed by atoms with Gasteiger partial charge in [0.2, 0.25) is 0 Å². The smallest absolute Gasteiger partial charge is 0.305 e. The largest absolute Gasteiger partial charge is 0.469 e. The average molecular weight is 621 g/mol. The van der Waals surface area contributed by atoms with Crippen LogP contribution in [0, 0.1) is 17.3 Å². The van der Waals surface area contributed by atoms with Crippen LogP contribution in [0.25, 0.3) is 0 Å². The summed E-state index contributed by atoms with van der Waals surface area (Å²) < 4.78 is 18.8. The van der Waals surface area contributed by atoms with Crippen molar-refractivity contribution in [3.05, 3.63) is 24.3 Å². The van der Waals surface area contributed by atoms with Crippen molar-refractivity contribution >= 4 is 28.4 Å². The van der Waals surface area contributed by atoms with Crippen molar-refractivity contribution in [1.82, 2.24) is 0 Å². The van der Waals surface area contributed by atoms with Gasteiger partial charge in [0.1, 0.15) is 5.78 Å². The third-order valence-electron chi connectivity index (χ3n) is 11.2. The number of esters is 1. The van der Waals surface area contributed by atoms with E-state index in [1.807, 2.05) is 0 Å². The first-order chi connectivity index (χ1) is 19.3. The number of hydrogen-bond acceptors (Lipinski definition) is 5. The fraction of sp³-hybridized carbons (Fsp3) is 0.829. The minimum atomic E-state index is -2.05. The highest BCUT2D eigenvalue weighted by Gasteiger charge is 2.49. The molecule has 2 aliphatic rings. The summed E-state index contributed by atoms with van der Waals surface area (Å²) in [5.41, 5.74) is 0.273. The van der Waals surface area contributed by atoms with Crippen molar-refractivity contribution in [3.63, 3.8) is 0 Å². The lowest BCUT2D eigenvalue weighted by Gasteiger charge is -2.51. The zero-order valence-corrected chi connectivity index (χ0v) is 31.2. The number of hydrogen-bond donors (Lipinski definition) is 0. The lowest BCUT2D eigenvalue weighted by molar-refractivity contribution is -0.140. The first-order valence-electron chi connectivity index (χ1n) is 16.6. The maximum absolute atomic E-state index is 13.4. The molecule has 2 fully saturated rings. The number of unbranched alkanes of at least 4 members (excludes halogenated alkanes) is 1. The van der Waals surface area contributed by atoms with Crippen molar-refractivity contribution in [2.24, 2.45) is 17.3 Å². The Morgan fingerprint density at radius 2 is 1.62 bits per heavy atom. The second-order valence-electron chi connectivity index (χ2n) is 16.0. The summed E-state index contributed by atoms with van der Waals surface area (Å²) in [4.78, 5) is 24.8. The molecule has 42 heavy (non-hydrogen) atoms. The van der Waals surface area contributed by atoms with Crippen LogP contribution in [0.1, 0.15) is 113 Å². The molecule has 242 valence electrons. The van der Waals surface area contributed by atoms with Gasteiger partial charge in [-0.2, -0.15) is 0 Å². The number of allylic oxidation sites excluding steroid dienone is 2. The summed E-state index contributed by atoms with van der Waals surface area (Å²) >= 11 is 0. The first kappa shape index (κ1) is 37.2. The van der Waals surface area contributed by atoms with Gasteiger partial charge in [0, 0.05) is 24.7 Å². The molecule has 0 aliphatic heterocycles. The molecular weight excluding hydrogens is 557 g/mol. The summed E-state index contributed by atoms with van der Waals surface area (Å²) in [5.74, 6) is 0.133. The topological polar surface area (TPSA) is 61.8 Å². The van der Waals surface area contributed by atoms with Crippen molar-refractivity contribution in [2.45, 2.75) is 161 Å². The van der Waals surface area contributed by atoms with E-state index in [1.54, 1.807) is 0 Å². The lowest BCUT2D eigenvalue weighted by Crippen LogP contribution is -2.51. The second-order valence-corrected chi connectivity index (χ2v) is 25.6. The van der Waals surface area contributed by atoms with E-state index < -0.39 is 16.6 Å². The van der Waals surface area contributed by atoms with Gasteiger partial charge >= 0.3 is 5.97 Å². The van der Waals surface area contributed by atoms with E-state index in [9.17, 15) is 9.59 Å². The first-order valence-corrected chi connectivity index (χ1v) is 22.4. The van der Waals surface area contributed by atoms with E-state index in [2.05, 4.69) is 99.0 Å². The maximum Gasteiger partial charge on any atom is 0.305 e. The Balaban J connectivity index is 2.27. The van der Waals surface area contributed by atoms with Crippen LogP contribution in [-0.2, 0) is 23.2 Å². The van der Waals surface area contributed by atoms with Crippen LogP contribution in [0.4, 0.5) is 0 Å². The molecule has 0 bridgehead atoms. The van der Waals surface area contributed by atoms with Gasteiger partial charge in [-0.3, -0.25) is 9.59 Å². The summed E-state index contributed by atoms with van der Waals surface area (Å²) in [7, 11) is -2.55. The van der Waals surface area contributed by atoms with Crippen LogP contribution in [0.15, 0.2) is 24.3 Å². The molecule has 2 rings (SSSR count). The summed E-state index contributed by atoms with van der Waals surface area (Å²) in [5, 5.41) is 0.254. The molecule has 0 aromatic heterocycles. The number of carbonyl (C=O) groups is 2. The molecule has 0 amide bonds. The minimum Gasteiger partial charge on any atom is -0.469 e. The third-order valence-corrected chi connectivity index (χ3v) is 20.2. The molecule has 4 atom stereocenters. The fourth-order valence-electron chi connectivity index (χ4n) is 5.86. The Kier molecular flexibility index (Phi) is 13.1. The molecule has 0 aromatic carbocycles. The van der Waals surface area contributed by atoms with Crippen LogP contribution < -0.4 is 0 Å². The summed E-state index contributed by atoms with van der Waals surface area (Å²) in [6.07, 6.45) is 18.1. The van der Waals surface area contributed by atoms with Gasteiger partial charge in [-0.05, 0) is 86.6 Å². The summed E-state index contributed by atoms with van der Waals surface area (Å²) in [6, 6.07) is 0. The van der Waals surface area contributed by atoms with E-state index in [0.717, 1.165) is 25.7 Å². The van der Waals surface area contributed by atoms with Crippen LogP contribution in [0.5, 0.6) is 0 Å². The van der Waals surface area contributed by atoms with Gasteiger partial charge in [0.05, 0.1) is 19.3 Å². The number of ether oxygens (including phenoxy) is 1. The fourth-order valence-corrected chi connectivity index (χ4v) is 8.62. The molecule has 1 unspecified atom stereocenters. The highest BCUT2D eigenvalue weighted by molar-refractivity contribution is 6.74. The number of rotatable bonds is 15. The van der Waals surface area contributed by atoms with Gasteiger partial charge in [0.15, 0.2) is 16.6 Å². The normalized spacial score (nSPS) is 24.4. The van der Waals surface area contributed by atoms with Crippen LogP contribution >= 0.6 is 0 Å². The molecule has 0 saturated heterocycles. The molecule has 0 N–H and O–H groups in total. The van der Waals surface area contributed by atoms with E-state index in [-0.39, 0.29) is 45.5 Å². The predicted octanol–water partition coefficient (Wildman–Crippen LogP) is 9.79. The zero-order chi connectivity index (χ0) is 32.0. The Morgan fingerprint density at radius 3 is 2.12 bits per heavy atom. The molecular formula is C35H64O5Si2. The number of Topliss-reactive ketones (excluding diaryl/α,β-unsaturated/α-hetero) is 1. The molecule has 2 saturated carbocycles. The summed E-state index contributed by atoms with van der Waals surface area (Å²) in [6.45, 7) is 25.4. The Labute approximate surface area is 260 Å². The van der Waals surface area contributed by atoms with Crippen molar-refractivity contribution in [2.75, 3.05) is 7.11 Å². The molecule has 7 heteroatoms. The van der Waals surface area contributed by atoms with Crippen molar-refractivity contribution in [1.29, 1.82) is 0 Å². The van der Waals surface area contributed by atoms with E-state index in [4.69, 9.17) is 13.6 Å². The second kappa shape index (κ2) is 14.8. The van der Waals surface area contributed by atoms with Crippen molar-refractivity contribution < 1.29 is 23.2 Å². The number of ketones is 1. The van der Waals surface area contributed by atoms with Crippen LogP contribution in [0.3, 0.4) is 0 Å². The third kappa shape index (κ3) is 9.49. The Hall–Kier alpha value is -1.03. The predicted molar refractivity (Wildman–Crippen MR) is 181 cm³/mol. The van der Waals surface area contributed by atoms with Gasteiger partial charge in [-0.1, -0.05) is 79.2 Å². The lowest BCUT2D eigenvalue weighted by atomic mass is 9.63. The Morgan fingerprint density at radius 1 is 1.00 bits per heavy atom. The molecule has 0 heterocycles. The monoisotopic (exact) mass is 620 g/mol. The van der Waals surface area contributed by atoms with E-state index in [1.165, 1.54) is 26.4 Å². The van der Waals surface area contributed by atoms with Gasteiger partial charge in [0.25, 0.3) is 0 Å². The highest BCUT2D eigenvalue weighted by atomic mass is 28.4. The molecule has 2 aliphatic carbocycles. The van der Waals surface area contributed by atoms with E-state index in [0.29, 0.717) is 25.0 Å². The molecule has 0 spiro atoms. The average Bonchev–Trinajstić information content (AvgIpc) is 3.12. The SMILES string of the molecule is CCC1(C(CC=C[C@H]2[C@H](O[Si](C)(C)C(C)(C)C)CC(=O)[C@@H]2CC=CCCCC(=O)OC)O[Si](C)(C)C(C)(C)C)CCC1. The standard InChI is InChI=1S/C35H64O5Si2/c1-13-35(24-19-25-35)31(40-42(11,12)34(5,6)7)22-18-21-28-27(20-16-14-15-17-23-32(37)38-8)29(36)26-30(28)39-41(9,10)33(2,3)4/h14,16,18,21,27-28,30-31H,13,15,17,19-20,22-26H2,1-12H3/t27-,28-,30-,31?/m1/s1.